The van der Waals surface area contributed by atoms with Gasteiger partial charge in [0.15, 0.2) is 0 Å². The lowest BCUT2D eigenvalue weighted by Crippen LogP contribution is -2.30. The molecule has 0 bridgehead atoms. The van der Waals surface area contributed by atoms with E-state index >= 15 is 0 Å². The van der Waals surface area contributed by atoms with Crippen LogP contribution in [0.2, 0.25) is 0 Å². The van der Waals surface area contributed by atoms with Crippen LogP contribution in [0.5, 0.6) is 0 Å². The Morgan fingerprint density at radius 2 is 2.12 bits per heavy atom. The van der Waals surface area contributed by atoms with Crippen LogP contribution in [0.4, 0.5) is 5.69 Å². The van der Waals surface area contributed by atoms with Gasteiger partial charge in [0.1, 0.15) is 0 Å². The lowest BCUT2D eigenvalue weighted by Gasteiger charge is -2.09. The summed E-state index contributed by atoms with van der Waals surface area (Å²) in [6, 6.07) is 4.53. The molecule has 0 radical (unpaired) electrons. The predicted octanol–water partition coefficient (Wildman–Crippen LogP) is 0.236. The molecule has 0 aliphatic heterocycles. The maximum Gasteiger partial charge on any atom is 0.240 e. The molecule has 6 heteroatoms. The number of nitrogen functional groups attached to an aromatic ring is 1. The molecule has 0 spiro atoms. The van der Waals surface area contributed by atoms with Gasteiger partial charge in [-0.25, -0.2) is 13.1 Å². The number of nitrogens with two attached hydrogens (primary N) is 1. The lowest BCUT2D eigenvalue weighted by atomic mass is 10.2. The van der Waals surface area contributed by atoms with Crippen molar-refractivity contribution < 1.29 is 13.5 Å². The fourth-order valence-corrected chi connectivity index (χ4v) is 2.26. The summed E-state index contributed by atoms with van der Waals surface area (Å²) in [5.74, 6) is 0. The van der Waals surface area contributed by atoms with E-state index < -0.39 is 16.1 Å². The van der Waals surface area contributed by atoms with E-state index in [1.54, 1.807) is 13.0 Å². The number of aliphatic hydroxyl groups is 1. The van der Waals surface area contributed by atoms with Crippen molar-refractivity contribution in [1.29, 1.82) is 0 Å². The normalized spacial score (nSPS) is 13.7. The lowest BCUT2D eigenvalue weighted by molar-refractivity contribution is 0.198. The van der Waals surface area contributed by atoms with Crippen molar-refractivity contribution in [1.82, 2.24) is 4.72 Å². The van der Waals surface area contributed by atoms with E-state index in [2.05, 4.69) is 4.72 Å². The topological polar surface area (TPSA) is 92.4 Å². The first-order chi connectivity index (χ1) is 7.33. The molecule has 0 unspecified atom stereocenters. The molecule has 4 N–H and O–H groups in total. The van der Waals surface area contributed by atoms with Crippen LogP contribution < -0.4 is 10.5 Å². The van der Waals surface area contributed by atoms with Gasteiger partial charge in [-0.1, -0.05) is 6.07 Å². The van der Waals surface area contributed by atoms with Crippen LogP contribution in [0.25, 0.3) is 0 Å². The first kappa shape index (κ1) is 13.0. The summed E-state index contributed by atoms with van der Waals surface area (Å²) in [5.41, 5.74) is 6.89. The SMILES string of the molecule is Cc1ccc(S(=O)(=O)NC[C@@H](C)O)cc1N. The molecule has 90 valence electrons. The van der Waals surface area contributed by atoms with Gasteiger partial charge >= 0.3 is 0 Å². The van der Waals surface area contributed by atoms with Gasteiger partial charge in [-0.15, -0.1) is 0 Å². The summed E-state index contributed by atoms with van der Waals surface area (Å²) in [5, 5.41) is 9.01. The van der Waals surface area contributed by atoms with Crippen LogP contribution in [0.1, 0.15) is 12.5 Å². The molecule has 0 aliphatic rings. The van der Waals surface area contributed by atoms with Gasteiger partial charge in [0.25, 0.3) is 0 Å². The highest BCUT2D eigenvalue weighted by atomic mass is 32.2. The molecule has 0 fully saturated rings. The van der Waals surface area contributed by atoms with Crippen LogP contribution in [0.15, 0.2) is 23.1 Å². The average molecular weight is 244 g/mol. The zero-order chi connectivity index (χ0) is 12.3. The number of anilines is 1. The summed E-state index contributed by atoms with van der Waals surface area (Å²) in [7, 11) is -3.58. The molecule has 16 heavy (non-hydrogen) atoms. The van der Waals surface area contributed by atoms with Crippen molar-refractivity contribution in [2.24, 2.45) is 0 Å². The van der Waals surface area contributed by atoms with Gasteiger partial charge in [0, 0.05) is 12.2 Å². The third-order valence-corrected chi connectivity index (χ3v) is 3.55. The quantitative estimate of drug-likeness (QED) is 0.661. The molecule has 0 saturated carbocycles. The summed E-state index contributed by atoms with van der Waals surface area (Å²) in [4.78, 5) is 0.108. The number of hydrogen-bond acceptors (Lipinski definition) is 4. The van der Waals surface area contributed by atoms with Crippen molar-refractivity contribution >= 4 is 15.7 Å². The van der Waals surface area contributed by atoms with Gasteiger partial charge < -0.3 is 10.8 Å². The average Bonchev–Trinajstić information content (AvgIpc) is 2.19. The molecule has 0 aliphatic carbocycles. The second-order valence-corrected chi connectivity index (χ2v) is 5.49. The van der Waals surface area contributed by atoms with Gasteiger partial charge in [-0.3, -0.25) is 0 Å². The zero-order valence-electron chi connectivity index (χ0n) is 9.27. The highest BCUT2D eigenvalue weighted by Crippen LogP contribution is 2.16. The molecule has 0 heterocycles. The van der Waals surface area contributed by atoms with E-state index in [1.165, 1.54) is 19.1 Å². The van der Waals surface area contributed by atoms with Crippen molar-refractivity contribution in [2.45, 2.75) is 24.8 Å². The Morgan fingerprint density at radius 1 is 1.50 bits per heavy atom. The van der Waals surface area contributed by atoms with Crippen LogP contribution >= 0.6 is 0 Å². The number of rotatable bonds is 4. The minimum Gasteiger partial charge on any atom is -0.398 e. The van der Waals surface area contributed by atoms with E-state index in [-0.39, 0.29) is 11.4 Å². The second-order valence-electron chi connectivity index (χ2n) is 3.72. The molecule has 1 aromatic rings. The molecule has 0 amide bonds. The summed E-state index contributed by atoms with van der Waals surface area (Å²) < 4.78 is 25.7. The minimum absolute atomic E-state index is 0.0177. The number of aryl methyl sites for hydroxylation is 1. The van der Waals surface area contributed by atoms with Gasteiger partial charge in [0.05, 0.1) is 11.0 Å². The van der Waals surface area contributed by atoms with Crippen LogP contribution in [-0.2, 0) is 10.0 Å². The Labute approximate surface area is 95.3 Å². The highest BCUT2D eigenvalue weighted by Gasteiger charge is 2.14. The molecule has 1 rings (SSSR count). The number of sulfonamides is 1. The van der Waals surface area contributed by atoms with Crippen LogP contribution in [-0.4, -0.2) is 26.2 Å². The number of nitrogens with one attached hydrogen (secondary N) is 1. The molecule has 0 saturated heterocycles. The Bertz CT molecular complexity index is 469. The third kappa shape index (κ3) is 3.19. The molecular weight excluding hydrogens is 228 g/mol. The molecular formula is C10H16N2O3S. The zero-order valence-corrected chi connectivity index (χ0v) is 10.1. The van der Waals surface area contributed by atoms with Crippen LogP contribution in [0, 0.1) is 6.92 Å². The van der Waals surface area contributed by atoms with E-state index in [9.17, 15) is 8.42 Å². The number of hydrogen-bond donors (Lipinski definition) is 3. The predicted molar refractivity (Wildman–Crippen MR) is 62.5 cm³/mol. The maximum atomic E-state index is 11.7. The Hall–Kier alpha value is -1.11. The second kappa shape index (κ2) is 4.82. The Morgan fingerprint density at radius 3 is 2.62 bits per heavy atom. The smallest absolute Gasteiger partial charge is 0.240 e. The van der Waals surface area contributed by atoms with Crippen molar-refractivity contribution in [3.63, 3.8) is 0 Å². The van der Waals surface area contributed by atoms with E-state index in [0.29, 0.717) is 5.69 Å². The summed E-state index contributed by atoms with van der Waals surface area (Å²) in [6.45, 7) is 3.29. The molecule has 1 atom stereocenters. The van der Waals surface area contributed by atoms with Gasteiger partial charge in [-0.2, -0.15) is 0 Å². The minimum atomic E-state index is -3.58. The number of benzene rings is 1. The van der Waals surface area contributed by atoms with Crippen molar-refractivity contribution in [3.8, 4) is 0 Å². The summed E-state index contributed by atoms with van der Waals surface area (Å²) >= 11 is 0. The maximum absolute atomic E-state index is 11.7. The van der Waals surface area contributed by atoms with Crippen molar-refractivity contribution in [3.05, 3.63) is 23.8 Å². The van der Waals surface area contributed by atoms with E-state index in [0.717, 1.165) is 5.56 Å². The standard InChI is InChI=1S/C10H16N2O3S/c1-7-3-4-9(5-10(7)11)16(14,15)12-6-8(2)13/h3-5,8,12-13H,6,11H2,1-2H3/t8-/m1/s1. The Balaban J connectivity index is 2.94. The van der Waals surface area contributed by atoms with Crippen LogP contribution in [0.3, 0.4) is 0 Å². The molecule has 1 aromatic carbocycles. The van der Waals surface area contributed by atoms with Gasteiger partial charge in [0.2, 0.25) is 10.0 Å². The summed E-state index contributed by atoms with van der Waals surface area (Å²) in [6.07, 6.45) is -0.724. The monoisotopic (exact) mass is 244 g/mol. The highest BCUT2D eigenvalue weighted by molar-refractivity contribution is 7.89. The van der Waals surface area contributed by atoms with Crippen molar-refractivity contribution in [2.75, 3.05) is 12.3 Å². The first-order valence-electron chi connectivity index (χ1n) is 4.87. The first-order valence-corrected chi connectivity index (χ1v) is 6.35. The molecule has 0 aromatic heterocycles. The Kier molecular flexibility index (Phi) is 3.90. The number of aliphatic hydroxyl groups excluding tert-OH is 1. The fraction of sp³-hybridized carbons (Fsp3) is 0.400. The third-order valence-electron chi connectivity index (χ3n) is 2.13. The van der Waals surface area contributed by atoms with E-state index in [1.807, 2.05) is 0 Å². The van der Waals surface area contributed by atoms with E-state index in [4.69, 9.17) is 10.8 Å². The fourth-order valence-electron chi connectivity index (χ4n) is 1.10. The largest absolute Gasteiger partial charge is 0.398 e. The molecule has 5 nitrogen and oxygen atoms in total. The van der Waals surface area contributed by atoms with Gasteiger partial charge in [-0.05, 0) is 31.5 Å².